The summed E-state index contributed by atoms with van der Waals surface area (Å²) in [7, 11) is 1.32. The fourth-order valence-electron chi connectivity index (χ4n) is 3.01. The third-order valence-corrected chi connectivity index (χ3v) is 5.43. The summed E-state index contributed by atoms with van der Waals surface area (Å²) in [5.74, 6) is -0.233. The standard InChI is InChI=1S/C18H11F3N4O3S/c1-24-8-9(4-15(24)18(19,20)21)14-3-2-11(29-14)6-13-12-5-10(25(27)28)7-22-16(12)23-17(13)26/h2-8H,1H3,(H,22,23,26). The number of rotatable bonds is 3. The summed E-state index contributed by atoms with van der Waals surface area (Å²) in [6, 6.07) is 5.65. The summed E-state index contributed by atoms with van der Waals surface area (Å²) >= 11 is 1.20. The third kappa shape index (κ3) is 3.40. The Balaban J connectivity index is 1.70. The average molecular weight is 420 g/mol. The van der Waals surface area contributed by atoms with E-state index in [1.165, 1.54) is 36.7 Å². The van der Waals surface area contributed by atoms with Crippen molar-refractivity contribution in [3.63, 3.8) is 0 Å². The van der Waals surface area contributed by atoms with Crippen LogP contribution in [-0.2, 0) is 18.0 Å². The van der Waals surface area contributed by atoms with E-state index in [1.54, 1.807) is 12.1 Å². The molecule has 148 valence electrons. The fourth-order valence-corrected chi connectivity index (χ4v) is 3.94. The lowest BCUT2D eigenvalue weighted by Crippen LogP contribution is -2.09. The van der Waals surface area contributed by atoms with Crippen molar-refractivity contribution in [3.8, 4) is 10.4 Å². The predicted molar refractivity (Wildman–Crippen MR) is 101 cm³/mol. The number of nitro groups is 1. The first-order valence-corrected chi connectivity index (χ1v) is 8.97. The van der Waals surface area contributed by atoms with Gasteiger partial charge in [-0.05, 0) is 24.3 Å². The van der Waals surface area contributed by atoms with E-state index in [2.05, 4.69) is 10.3 Å². The molecule has 3 aromatic heterocycles. The maximum absolute atomic E-state index is 13.0. The zero-order valence-electron chi connectivity index (χ0n) is 14.6. The number of pyridine rings is 1. The van der Waals surface area contributed by atoms with Crippen LogP contribution >= 0.6 is 11.3 Å². The van der Waals surface area contributed by atoms with Crippen LogP contribution in [0.5, 0.6) is 0 Å². The molecule has 0 aromatic carbocycles. The number of thiophene rings is 1. The van der Waals surface area contributed by atoms with Crippen molar-refractivity contribution >= 4 is 40.4 Å². The highest BCUT2D eigenvalue weighted by Gasteiger charge is 2.34. The van der Waals surface area contributed by atoms with Gasteiger partial charge in [-0.2, -0.15) is 13.2 Å². The van der Waals surface area contributed by atoms with E-state index in [0.717, 1.165) is 16.8 Å². The van der Waals surface area contributed by atoms with Crippen molar-refractivity contribution in [3.05, 3.63) is 62.9 Å². The van der Waals surface area contributed by atoms with Crippen LogP contribution in [0.3, 0.4) is 0 Å². The SMILES string of the molecule is Cn1cc(-c2ccc(C=C3C(=O)Nc4ncc([N+](=O)[O-])cc43)s2)cc1C(F)(F)F. The topological polar surface area (TPSA) is 90.1 Å². The monoisotopic (exact) mass is 420 g/mol. The van der Waals surface area contributed by atoms with E-state index in [4.69, 9.17) is 0 Å². The van der Waals surface area contributed by atoms with Crippen LogP contribution in [-0.4, -0.2) is 20.4 Å². The van der Waals surface area contributed by atoms with Gasteiger partial charge in [0.1, 0.15) is 17.7 Å². The number of hydrogen-bond acceptors (Lipinski definition) is 5. The lowest BCUT2D eigenvalue weighted by molar-refractivity contribution is -0.385. The van der Waals surface area contributed by atoms with E-state index in [0.29, 0.717) is 20.9 Å². The molecule has 0 saturated heterocycles. The number of nitrogens with one attached hydrogen (secondary N) is 1. The minimum atomic E-state index is -4.46. The lowest BCUT2D eigenvalue weighted by atomic mass is 10.1. The summed E-state index contributed by atoms with van der Waals surface area (Å²) in [6.45, 7) is 0. The van der Waals surface area contributed by atoms with E-state index in [9.17, 15) is 28.1 Å². The fraction of sp³-hybridized carbons (Fsp3) is 0.111. The number of aromatic nitrogens is 2. The van der Waals surface area contributed by atoms with Gasteiger partial charge in [-0.3, -0.25) is 14.9 Å². The van der Waals surface area contributed by atoms with Crippen LogP contribution in [0.2, 0.25) is 0 Å². The van der Waals surface area contributed by atoms with Gasteiger partial charge in [-0.1, -0.05) is 0 Å². The number of amides is 1. The van der Waals surface area contributed by atoms with Crippen molar-refractivity contribution in [2.45, 2.75) is 6.18 Å². The minimum absolute atomic E-state index is 0.202. The molecule has 0 bridgehead atoms. The quantitative estimate of drug-likeness (QED) is 0.382. The molecule has 3 aromatic rings. The van der Waals surface area contributed by atoms with Gasteiger partial charge in [-0.25, -0.2) is 4.98 Å². The number of hydrogen-bond donors (Lipinski definition) is 1. The summed E-state index contributed by atoms with van der Waals surface area (Å²) in [4.78, 5) is 27.7. The summed E-state index contributed by atoms with van der Waals surface area (Å²) in [6.07, 6.45) is -0.480. The Morgan fingerprint density at radius 1 is 1.31 bits per heavy atom. The average Bonchev–Trinajstić information content (AvgIpc) is 3.32. The Bertz CT molecular complexity index is 1190. The highest BCUT2D eigenvalue weighted by atomic mass is 32.1. The van der Waals surface area contributed by atoms with Gasteiger partial charge >= 0.3 is 6.18 Å². The van der Waals surface area contributed by atoms with Crippen LogP contribution in [0.1, 0.15) is 16.1 Å². The molecule has 1 amide bonds. The van der Waals surface area contributed by atoms with Crippen LogP contribution < -0.4 is 5.32 Å². The number of nitrogens with zero attached hydrogens (tertiary/aromatic N) is 3. The Kier molecular flexibility index (Phi) is 4.26. The highest BCUT2D eigenvalue weighted by molar-refractivity contribution is 7.16. The molecule has 4 heterocycles. The molecule has 1 aliphatic rings. The highest BCUT2D eigenvalue weighted by Crippen LogP contribution is 2.38. The zero-order valence-corrected chi connectivity index (χ0v) is 15.5. The van der Waals surface area contributed by atoms with E-state index < -0.39 is 22.7 Å². The normalized spacial score (nSPS) is 14.9. The molecule has 0 unspecified atom stereocenters. The predicted octanol–water partition coefficient (Wildman–Crippen LogP) is 4.57. The number of alkyl halides is 3. The molecule has 7 nitrogen and oxygen atoms in total. The molecule has 4 rings (SSSR count). The molecule has 0 atom stereocenters. The van der Waals surface area contributed by atoms with Crippen molar-refractivity contribution in [1.29, 1.82) is 0 Å². The van der Waals surface area contributed by atoms with E-state index in [1.807, 2.05) is 0 Å². The molecule has 0 fully saturated rings. The Hall–Kier alpha value is -3.47. The van der Waals surface area contributed by atoms with Crippen molar-refractivity contribution in [1.82, 2.24) is 9.55 Å². The van der Waals surface area contributed by atoms with Gasteiger partial charge in [0, 0.05) is 40.2 Å². The molecule has 0 saturated carbocycles. The van der Waals surface area contributed by atoms with E-state index in [-0.39, 0.29) is 17.1 Å². The van der Waals surface area contributed by atoms with Crippen molar-refractivity contribution in [2.75, 3.05) is 5.32 Å². The largest absolute Gasteiger partial charge is 0.431 e. The number of anilines is 1. The van der Waals surface area contributed by atoms with Gasteiger partial charge in [-0.15, -0.1) is 11.3 Å². The second-order valence-electron chi connectivity index (χ2n) is 6.28. The molecule has 1 N–H and O–H groups in total. The molecular formula is C18H11F3N4O3S. The maximum Gasteiger partial charge on any atom is 0.431 e. The number of carbonyl (C=O) groups is 1. The second kappa shape index (κ2) is 6.55. The molecule has 0 aliphatic carbocycles. The summed E-state index contributed by atoms with van der Waals surface area (Å²) < 4.78 is 40.0. The smallest absolute Gasteiger partial charge is 0.346 e. The van der Waals surface area contributed by atoms with Gasteiger partial charge in [0.15, 0.2) is 0 Å². The Morgan fingerprint density at radius 3 is 2.72 bits per heavy atom. The van der Waals surface area contributed by atoms with Crippen LogP contribution in [0.4, 0.5) is 24.7 Å². The first-order chi connectivity index (χ1) is 13.6. The number of fused-ring (bicyclic) bond motifs is 1. The number of halogens is 3. The van der Waals surface area contributed by atoms with Crippen molar-refractivity contribution in [2.24, 2.45) is 7.05 Å². The van der Waals surface area contributed by atoms with Crippen molar-refractivity contribution < 1.29 is 22.9 Å². The molecule has 0 radical (unpaired) electrons. The lowest BCUT2D eigenvalue weighted by Gasteiger charge is -2.05. The Labute approximate surface area is 165 Å². The molecule has 11 heteroatoms. The zero-order chi connectivity index (χ0) is 20.9. The van der Waals surface area contributed by atoms with Crippen LogP contribution in [0.25, 0.3) is 22.1 Å². The number of aryl methyl sites for hydroxylation is 1. The van der Waals surface area contributed by atoms with Crippen LogP contribution in [0.15, 0.2) is 36.7 Å². The van der Waals surface area contributed by atoms with E-state index >= 15 is 0 Å². The minimum Gasteiger partial charge on any atom is -0.346 e. The van der Waals surface area contributed by atoms with Gasteiger partial charge < -0.3 is 9.88 Å². The second-order valence-corrected chi connectivity index (χ2v) is 7.40. The first kappa shape index (κ1) is 18.9. The van der Waals surface area contributed by atoms with Gasteiger partial charge in [0.05, 0.1) is 10.5 Å². The molecule has 1 aliphatic heterocycles. The Morgan fingerprint density at radius 2 is 2.07 bits per heavy atom. The summed E-state index contributed by atoms with van der Waals surface area (Å²) in [5.41, 5.74) is -0.0971. The third-order valence-electron chi connectivity index (χ3n) is 4.34. The summed E-state index contributed by atoms with van der Waals surface area (Å²) in [5, 5.41) is 13.5. The molecule has 0 spiro atoms. The van der Waals surface area contributed by atoms with Crippen LogP contribution in [0, 0.1) is 10.1 Å². The van der Waals surface area contributed by atoms with Gasteiger partial charge in [0.2, 0.25) is 0 Å². The molecular weight excluding hydrogens is 409 g/mol. The molecule has 29 heavy (non-hydrogen) atoms. The number of carbonyl (C=O) groups excluding carboxylic acids is 1. The maximum atomic E-state index is 13.0. The van der Waals surface area contributed by atoms with Gasteiger partial charge in [0.25, 0.3) is 11.6 Å². The first-order valence-electron chi connectivity index (χ1n) is 8.15.